The molecule has 1 fully saturated rings. The summed E-state index contributed by atoms with van der Waals surface area (Å²) in [5, 5.41) is 5.59. The fraction of sp³-hybridized carbons (Fsp3) is 0.417. The van der Waals surface area contributed by atoms with Gasteiger partial charge in [-0.15, -0.1) is 0 Å². The summed E-state index contributed by atoms with van der Waals surface area (Å²) in [4.78, 5) is 11.7. The molecule has 1 saturated heterocycles. The van der Waals surface area contributed by atoms with Crippen LogP contribution in [0.25, 0.3) is 0 Å². The summed E-state index contributed by atoms with van der Waals surface area (Å²) in [7, 11) is -3.33. The molecule has 19 heavy (non-hydrogen) atoms. The minimum atomic E-state index is -3.33. The molecule has 1 aliphatic heterocycles. The van der Waals surface area contributed by atoms with E-state index in [0.29, 0.717) is 18.8 Å². The fourth-order valence-electron chi connectivity index (χ4n) is 1.81. The first-order chi connectivity index (χ1) is 8.94. The predicted octanol–water partition coefficient (Wildman–Crippen LogP) is 1.02. The molecule has 1 amide bonds. The second-order valence-electron chi connectivity index (χ2n) is 4.63. The summed E-state index contributed by atoms with van der Waals surface area (Å²) in [5.41, 5.74) is 0.591. The van der Waals surface area contributed by atoms with Gasteiger partial charge >= 0.3 is 0 Å². The van der Waals surface area contributed by atoms with Crippen molar-refractivity contribution < 1.29 is 13.2 Å². The Kier molecular flexibility index (Phi) is 4.59. The molecule has 0 atom stereocenters. The molecule has 0 radical (unpaired) electrons. The van der Waals surface area contributed by atoms with Crippen LogP contribution in [0.2, 0.25) is 0 Å². The fourth-order valence-corrected chi connectivity index (χ4v) is 3.62. The Morgan fingerprint density at radius 2 is 1.95 bits per heavy atom. The Labute approximate surface area is 120 Å². The number of nitrogens with one attached hydrogen (secondary N) is 2. The Morgan fingerprint density at radius 3 is 2.47 bits per heavy atom. The molecule has 104 valence electrons. The van der Waals surface area contributed by atoms with Gasteiger partial charge in [0.15, 0.2) is 9.84 Å². The molecule has 1 aromatic rings. The molecule has 0 unspecified atom stereocenters. The van der Waals surface area contributed by atoms with Crippen molar-refractivity contribution in [3.8, 4) is 0 Å². The lowest BCUT2D eigenvalue weighted by Crippen LogP contribution is -2.46. The quantitative estimate of drug-likeness (QED) is 0.834. The van der Waals surface area contributed by atoms with Crippen molar-refractivity contribution in [1.29, 1.82) is 0 Å². The van der Waals surface area contributed by atoms with Gasteiger partial charge in [-0.1, -0.05) is 15.9 Å². The van der Waals surface area contributed by atoms with Crippen LogP contribution in [0.3, 0.4) is 0 Å². The zero-order valence-corrected chi connectivity index (χ0v) is 12.6. The maximum absolute atomic E-state index is 11.8. The van der Waals surface area contributed by atoms with Gasteiger partial charge in [0.1, 0.15) is 5.75 Å². The predicted molar refractivity (Wildman–Crippen MR) is 77.8 cm³/mol. The highest BCUT2D eigenvalue weighted by atomic mass is 79.9. The van der Waals surface area contributed by atoms with E-state index in [1.54, 1.807) is 24.3 Å². The third kappa shape index (κ3) is 4.59. The number of rotatable bonds is 5. The van der Waals surface area contributed by atoms with Gasteiger partial charge in [-0.25, -0.2) is 8.42 Å². The molecule has 1 aliphatic rings. The molecule has 5 nitrogen and oxygen atoms in total. The normalized spacial score (nSPS) is 15.8. The van der Waals surface area contributed by atoms with Crippen LogP contribution >= 0.6 is 15.9 Å². The van der Waals surface area contributed by atoms with E-state index in [-0.39, 0.29) is 11.7 Å². The summed E-state index contributed by atoms with van der Waals surface area (Å²) < 4.78 is 24.5. The van der Waals surface area contributed by atoms with Crippen LogP contribution in [0.1, 0.15) is 0 Å². The average molecular weight is 347 g/mol. The number of hydrogen-bond acceptors (Lipinski definition) is 4. The number of anilines is 1. The number of benzene rings is 1. The molecule has 1 heterocycles. The van der Waals surface area contributed by atoms with E-state index >= 15 is 0 Å². The van der Waals surface area contributed by atoms with Crippen molar-refractivity contribution in [1.82, 2.24) is 5.32 Å². The maximum Gasteiger partial charge on any atom is 0.239 e. The smallest absolute Gasteiger partial charge is 0.239 e. The molecular weight excluding hydrogens is 332 g/mol. The molecule has 0 aliphatic carbocycles. The van der Waals surface area contributed by atoms with Gasteiger partial charge in [0.05, 0.1) is 5.75 Å². The van der Waals surface area contributed by atoms with Crippen LogP contribution in [0.15, 0.2) is 28.7 Å². The van der Waals surface area contributed by atoms with Crippen molar-refractivity contribution in [2.45, 2.75) is 0 Å². The van der Waals surface area contributed by atoms with Gasteiger partial charge in [0, 0.05) is 23.2 Å². The van der Waals surface area contributed by atoms with E-state index in [0.717, 1.165) is 4.47 Å². The SMILES string of the molecule is O=C(CS(=O)(=O)CC1CNC1)Nc1ccc(Br)cc1. The minimum absolute atomic E-state index is 0.0771. The van der Waals surface area contributed by atoms with E-state index in [1.807, 2.05) is 0 Å². The highest BCUT2D eigenvalue weighted by Gasteiger charge is 2.26. The van der Waals surface area contributed by atoms with E-state index in [9.17, 15) is 13.2 Å². The second kappa shape index (κ2) is 6.02. The van der Waals surface area contributed by atoms with Crippen molar-refractivity contribution >= 4 is 37.4 Å². The zero-order valence-electron chi connectivity index (χ0n) is 10.2. The van der Waals surface area contributed by atoms with Crippen LogP contribution in [0.4, 0.5) is 5.69 Å². The molecule has 0 bridgehead atoms. The first-order valence-electron chi connectivity index (χ1n) is 5.91. The van der Waals surface area contributed by atoms with Gasteiger partial charge in [0.2, 0.25) is 5.91 Å². The monoisotopic (exact) mass is 346 g/mol. The van der Waals surface area contributed by atoms with Crippen molar-refractivity contribution in [2.24, 2.45) is 5.92 Å². The minimum Gasteiger partial charge on any atom is -0.325 e. The average Bonchev–Trinajstić information content (AvgIpc) is 2.26. The molecule has 7 heteroatoms. The molecule has 0 spiro atoms. The van der Waals surface area contributed by atoms with Gasteiger partial charge in [0.25, 0.3) is 0 Å². The number of hydrogen-bond donors (Lipinski definition) is 2. The summed E-state index contributed by atoms with van der Waals surface area (Å²) in [6, 6.07) is 6.99. The molecule has 2 N–H and O–H groups in total. The number of halogens is 1. The first kappa shape index (κ1) is 14.5. The van der Waals surface area contributed by atoms with E-state index in [4.69, 9.17) is 0 Å². The Morgan fingerprint density at radius 1 is 1.32 bits per heavy atom. The van der Waals surface area contributed by atoms with Crippen LogP contribution in [-0.2, 0) is 14.6 Å². The van der Waals surface area contributed by atoms with Gasteiger partial charge in [-0.05, 0) is 30.2 Å². The summed E-state index contributed by atoms with van der Waals surface area (Å²) in [6.07, 6.45) is 0. The maximum atomic E-state index is 11.8. The lowest BCUT2D eigenvalue weighted by atomic mass is 10.1. The van der Waals surface area contributed by atoms with Crippen LogP contribution in [-0.4, -0.2) is 38.9 Å². The number of sulfone groups is 1. The van der Waals surface area contributed by atoms with Gasteiger partial charge in [-0.2, -0.15) is 0 Å². The number of carbonyl (C=O) groups is 1. The first-order valence-corrected chi connectivity index (χ1v) is 8.52. The number of amides is 1. The van der Waals surface area contributed by atoms with E-state index in [1.165, 1.54) is 0 Å². The van der Waals surface area contributed by atoms with Crippen molar-refractivity contribution in [3.05, 3.63) is 28.7 Å². The topological polar surface area (TPSA) is 75.3 Å². The standard InChI is InChI=1S/C12H15BrN2O3S/c13-10-1-3-11(4-2-10)15-12(16)8-19(17,18)7-9-5-14-6-9/h1-4,9,14H,5-8H2,(H,15,16). The Bertz CT molecular complexity index is 553. The van der Waals surface area contributed by atoms with E-state index in [2.05, 4.69) is 26.6 Å². The molecule has 1 aromatic carbocycles. The Balaban J connectivity index is 1.87. The van der Waals surface area contributed by atoms with Crippen molar-refractivity contribution in [2.75, 3.05) is 29.9 Å². The highest BCUT2D eigenvalue weighted by Crippen LogP contribution is 2.14. The summed E-state index contributed by atoms with van der Waals surface area (Å²) in [6.45, 7) is 1.43. The zero-order chi connectivity index (χ0) is 13.9. The van der Waals surface area contributed by atoms with Gasteiger partial charge < -0.3 is 10.6 Å². The van der Waals surface area contributed by atoms with Crippen molar-refractivity contribution in [3.63, 3.8) is 0 Å². The Hall–Kier alpha value is -0.920. The largest absolute Gasteiger partial charge is 0.325 e. The van der Waals surface area contributed by atoms with E-state index < -0.39 is 21.5 Å². The summed E-state index contributed by atoms with van der Waals surface area (Å²) in [5.74, 6) is -0.729. The molecule has 0 aromatic heterocycles. The van der Waals surface area contributed by atoms with Crippen LogP contribution in [0, 0.1) is 5.92 Å². The highest BCUT2D eigenvalue weighted by molar-refractivity contribution is 9.10. The van der Waals surface area contributed by atoms with Crippen LogP contribution < -0.4 is 10.6 Å². The molecular formula is C12H15BrN2O3S. The third-order valence-electron chi connectivity index (χ3n) is 2.83. The molecule has 0 saturated carbocycles. The molecule has 2 rings (SSSR count). The lowest BCUT2D eigenvalue weighted by molar-refractivity contribution is -0.113. The third-order valence-corrected chi connectivity index (χ3v) is 5.04. The lowest BCUT2D eigenvalue weighted by Gasteiger charge is -2.26. The number of carbonyl (C=O) groups excluding carboxylic acids is 1. The van der Waals surface area contributed by atoms with Gasteiger partial charge in [-0.3, -0.25) is 4.79 Å². The second-order valence-corrected chi connectivity index (χ2v) is 7.66. The summed E-state index contributed by atoms with van der Waals surface area (Å²) >= 11 is 3.29. The van der Waals surface area contributed by atoms with Crippen LogP contribution in [0.5, 0.6) is 0 Å².